The maximum atomic E-state index is 4.46. The molecule has 2 aromatic rings. The minimum Gasteiger partial charge on any atom is -0.0901 e. The molecule has 0 N–H and O–H groups in total. The van der Waals surface area contributed by atoms with Crippen molar-refractivity contribution >= 4 is 28.2 Å². The fourth-order valence-corrected chi connectivity index (χ4v) is 6.67. The summed E-state index contributed by atoms with van der Waals surface area (Å²) < 4.78 is 0.227. The predicted octanol–water partition coefficient (Wildman–Crippen LogP) is 6.04. The third kappa shape index (κ3) is 3.87. The molecule has 1 saturated heterocycles. The van der Waals surface area contributed by atoms with E-state index in [0.29, 0.717) is 10.9 Å². The van der Waals surface area contributed by atoms with Crippen LogP contribution in [0.5, 0.6) is 0 Å². The van der Waals surface area contributed by atoms with E-state index in [4.69, 9.17) is 0 Å². The van der Waals surface area contributed by atoms with Crippen LogP contribution in [-0.2, 0) is 10.9 Å². The van der Waals surface area contributed by atoms with E-state index in [0.717, 1.165) is 0 Å². The Hall–Kier alpha value is -1.12. The minimum atomic E-state index is 0.227. The average Bonchev–Trinajstić information content (AvgIpc) is 3.11. The minimum absolute atomic E-state index is 0.227. The molecule has 0 atom stereocenters. The highest BCUT2D eigenvalue weighted by Crippen LogP contribution is 2.38. The maximum Gasteiger partial charge on any atom is 0.147 e. The molecule has 0 aliphatic carbocycles. The van der Waals surface area contributed by atoms with E-state index in [2.05, 4.69) is 75.0 Å². The van der Waals surface area contributed by atoms with Gasteiger partial charge in [0, 0.05) is 15.4 Å². The van der Waals surface area contributed by atoms with E-state index in [1.54, 1.807) is 0 Å². The molecule has 1 aliphatic heterocycles. The lowest BCUT2D eigenvalue weighted by Gasteiger charge is -2.26. The first-order valence-corrected chi connectivity index (χ1v) is 10.7. The molecule has 3 rings (SSSR count). The zero-order valence-corrected chi connectivity index (χ0v) is 15.7. The van der Waals surface area contributed by atoms with Crippen molar-refractivity contribution in [1.29, 1.82) is 0 Å². The van der Waals surface area contributed by atoms with Crippen molar-refractivity contribution < 1.29 is 0 Å². The van der Waals surface area contributed by atoms with Gasteiger partial charge in [0.05, 0.1) is 0 Å². The van der Waals surface area contributed by atoms with Crippen molar-refractivity contribution in [2.24, 2.45) is 0 Å². The normalized spacial score (nSPS) is 15.7. The van der Waals surface area contributed by atoms with Crippen molar-refractivity contribution in [3.63, 3.8) is 0 Å². The highest BCUT2D eigenvalue weighted by Gasteiger charge is 2.43. The second kappa shape index (κ2) is 7.19. The summed E-state index contributed by atoms with van der Waals surface area (Å²) in [5, 5.41) is 0. The molecule has 0 aromatic heterocycles. The van der Waals surface area contributed by atoms with E-state index in [1.165, 1.54) is 45.3 Å². The van der Waals surface area contributed by atoms with Crippen molar-refractivity contribution in [3.05, 3.63) is 66.7 Å². The van der Waals surface area contributed by atoms with Gasteiger partial charge in [-0.15, -0.1) is 0 Å². The molecule has 2 aromatic carbocycles. The SMILES string of the molecule is C=C(c1ccc(Sc2ccccc2)cc1)C(C)(C)[S+]1CCCC1. The van der Waals surface area contributed by atoms with E-state index in [9.17, 15) is 0 Å². The Labute approximate surface area is 147 Å². The maximum absolute atomic E-state index is 4.46. The van der Waals surface area contributed by atoms with Crippen LogP contribution in [0, 0.1) is 0 Å². The van der Waals surface area contributed by atoms with Crippen LogP contribution in [-0.4, -0.2) is 16.3 Å². The molecule has 2 heteroatoms. The summed E-state index contributed by atoms with van der Waals surface area (Å²) in [6.45, 7) is 9.23. The second-order valence-corrected chi connectivity index (χ2v) is 10.5. The van der Waals surface area contributed by atoms with Crippen molar-refractivity contribution in [2.75, 3.05) is 11.5 Å². The molecular formula is C21H25S2+. The Morgan fingerprint density at radius 3 is 2.09 bits per heavy atom. The number of hydrogen-bond acceptors (Lipinski definition) is 1. The third-order valence-electron chi connectivity index (χ3n) is 4.66. The molecule has 0 unspecified atom stereocenters. The monoisotopic (exact) mass is 341 g/mol. The van der Waals surface area contributed by atoms with Crippen molar-refractivity contribution in [1.82, 2.24) is 0 Å². The zero-order chi connectivity index (χ0) is 16.3. The van der Waals surface area contributed by atoms with Gasteiger partial charge in [0.1, 0.15) is 16.3 Å². The van der Waals surface area contributed by atoms with Crippen LogP contribution in [0.3, 0.4) is 0 Å². The lowest BCUT2D eigenvalue weighted by Crippen LogP contribution is -2.34. The van der Waals surface area contributed by atoms with E-state index in [-0.39, 0.29) is 4.75 Å². The van der Waals surface area contributed by atoms with Gasteiger partial charge in [0.25, 0.3) is 0 Å². The van der Waals surface area contributed by atoms with Gasteiger partial charge in [-0.25, -0.2) is 0 Å². The largest absolute Gasteiger partial charge is 0.147 e. The smallest absolute Gasteiger partial charge is 0.0901 e. The van der Waals surface area contributed by atoms with Crippen molar-refractivity contribution in [3.8, 4) is 0 Å². The number of hydrogen-bond donors (Lipinski definition) is 0. The fourth-order valence-electron chi connectivity index (χ4n) is 3.04. The molecule has 0 saturated carbocycles. The van der Waals surface area contributed by atoms with Crippen LogP contribution in [0.1, 0.15) is 32.3 Å². The standard InChI is InChI=1S/C21H25S2/c1-17(21(2,3)23-15-7-8-16-23)18-11-13-20(14-12-18)22-19-9-5-4-6-10-19/h4-6,9-14H,1,7-8,15-16H2,2-3H3/q+1. The van der Waals surface area contributed by atoms with Crippen LogP contribution in [0.2, 0.25) is 0 Å². The van der Waals surface area contributed by atoms with Gasteiger partial charge >= 0.3 is 0 Å². The quantitative estimate of drug-likeness (QED) is 0.597. The van der Waals surface area contributed by atoms with E-state index >= 15 is 0 Å². The van der Waals surface area contributed by atoms with Crippen LogP contribution in [0.4, 0.5) is 0 Å². The molecule has 120 valence electrons. The van der Waals surface area contributed by atoms with Gasteiger partial charge in [0.2, 0.25) is 0 Å². The van der Waals surface area contributed by atoms with Crippen LogP contribution in [0.25, 0.3) is 5.57 Å². The molecule has 0 bridgehead atoms. The predicted molar refractivity (Wildman–Crippen MR) is 106 cm³/mol. The van der Waals surface area contributed by atoms with Crippen LogP contribution < -0.4 is 0 Å². The molecule has 0 amide bonds. The summed E-state index contributed by atoms with van der Waals surface area (Å²) in [6.07, 6.45) is 2.79. The van der Waals surface area contributed by atoms with Crippen molar-refractivity contribution in [2.45, 2.75) is 41.2 Å². The summed E-state index contributed by atoms with van der Waals surface area (Å²) in [5.74, 6) is 2.77. The van der Waals surface area contributed by atoms with Crippen LogP contribution >= 0.6 is 11.8 Å². The first kappa shape index (κ1) is 16.7. The topological polar surface area (TPSA) is 0 Å². The Morgan fingerprint density at radius 2 is 1.48 bits per heavy atom. The van der Waals surface area contributed by atoms with Crippen LogP contribution in [0.15, 0.2) is 71.0 Å². The molecule has 0 radical (unpaired) electrons. The Bertz CT molecular complexity index is 650. The van der Waals surface area contributed by atoms with Gasteiger partial charge in [0.15, 0.2) is 0 Å². The molecule has 1 aliphatic rings. The van der Waals surface area contributed by atoms with Gasteiger partial charge in [-0.1, -0.05) is 48.7 Å². The summed E-state index contributed by atoms with van der Waals surface area (Å²) in [7, 11) is 0.490. The Balaban J connectivity index is 1.72. The van der Waals surface area contributed by atoms with Gasteiger partial charge in [-0.3, -0.25) is 0 Å². The van der Waals surface area contributed by atoms with Gasteiger partial charge in [-0.05, 0) is 67.4 Å². The van der Waals surface area contributed by atoms with Gasteiger partial charge in [-0.2, -0.15) is 0 Å². The molecule has 0 nitrogen and oxygen atoms in total. The molecule has 23 heavy (non-hydrogen) atoms. The first-order chi connectivity index (χ1) is 11.1. The highest BCUT2D eigenvalue weighted by molar-refractivity contribution is 7.99. The lowest BCUT2D eigenvalue weighted by atomic mass is 9.96. The zero-order valence-electron chi connectivity index (χ0n) is 14.0. The molecule has 1 fully saturated rings. The first-order valence-electron chi connectivity index (χ1n) is 8.28. The fraction of sp³-hybridized carbons (Fsp3) is 0.333. The third-order valence-corrected chi connectivity index (χ3v) is 8.93. The lowest BCUT2D eigenvalue weighted by molar-refractivity contribution is 0.909. The van der Waals surface area contributed by atoms with E-state index in [1.807, 2.05) is 11.8 Å². The molecule has 0 spiro atoms. The average molecular weight is 342 g/mol. The Kier molecular flexibility index (Phi) is 5.23. The molecular weight excluding hydrogens is 316 g/mol. The van der Waals surface area contributed by atoms with Gasteiger partial charge < -0.3 is 0 Å². The summed E-state index contributed by atoms with van der Waals surface area (Å²) in [4.78, 5) is 2.57. The summed E-state index contributed by atoms with van der Waals surface area (Å²) >= 11 is 1.81. The highest BCUT2D eigenvalue weighted by atomic mass is 32.2. The van der Waals surface area contributed by atoms with E-state index < -0.39 is 0 Å². The number of benzene rings is 2. The molecule has 1 heterocycles. The second-order valence-electron chi connectivity index (χ2n) is 6.54. The summed E-state index contributed by atoms with van der Waals surface area (Å²) in [6, 6.07) is 19.5. The number of rotatable bonds is 5. The Morgan fingerprint density at radius 1 is 0.913 bits per heavy atom. The summed E-state index contributed by atoms with van der Waals surface area (Å²) in [5.41, 5.74) is 2.60.